The first kappa shape index (κ1) is 18.3. The number of hydrogen-bond acceptors (Lipinski definition) is 4. The quantitative estimate of drug-likeness (QED) is 0.718. The Bertz CT molecular complexity index is 1140. The number of anilines is 1. The number of fused-ring (bicyclic) bond motifs is 4. The lowest BCUT2D eigenvalue weighted by Crippen LogP contribution is -2.50. The minimum Gasteiger partial charge on any atom is -0.497 e. The Hall–Kier alpha value is -2.77. The number of nitrogens with one attached hydrogen (secondary N) is 1. The zero-order valence-electron chi connectivity index (χ0n) is 16.2. The Morgan fingerprint density at radius 1 is 0.966 bits per heavy atom. The number of benzene rings is 2. The van der Waals surface area contributed by atoms with Gasteiger partial charge in [-0.05, 0) is 61.4 Å². The monoisotopic (exact) mass is 409 g/mol. The largest absolute Gasteiger partial charge is 0.497 e. The average molecular weight is 410 g/mol. The van der Waals surface area contributed by atoms with E-state index in [1.165, 1.54) is 5.69 Å². The summed E-state index contributed by atoms with van der Waals surface area (Å²) in [5.74, 6) is 0.646. The SMILES string of the molecule is COc1ccc(S(=O)(=O)N2CCC3(CC2)Nc2ccccc2-n2cccc23)cc1. The van der Waals surface area contributed by atoms with Crippen LogP contribution >= 0.6 is 0 Å². The molecule has 0 aliphatic carbocycles. The molecule has 1 N–H and O–H groups in total. The van der Waals surface area contributed by atoms with Crippen LogP contribution in [0, 0.1) is 0 Å². The van der Waals surface area contributed by atoms with Gasteiger partial charge in [0.15, 0.2) is 0 Å². The van der Waals surface area contributed by atoms with Crippen molar-refractivity contribution in [1.82, 2.24) is 8.87 Å². The van der Waals surface area contributed by atoms with Crippen molar-refractivity contribution in [2.24, 2.45) is 0 Å². The van der Waals surface area contributed by atoms with Crippen molar-refractivity contribution in [3.8, 4) is 11.4 Å². The fourth-order valence-electron chi connectivity index (χ4n) is 4.48. The smallest absolute Gasteiger partial charge is 0.243 e. The van der Waals surface area contributed by atoms with Crippen molar-refractivity contribution in [3.05, 3.63) is 72.6 Å². The average Bonchev–Trinajstić information content (AvgIpc) is 3.26. The van der Waals surface area contributed by atoms with Gasteiger partial charge in [-0.2, -0.15) is 4.31 Å². The Labute approximate surface area is 170 Å². The third-order valence-corrected chi connectivity index (χ3v) is 7.96. The summed E-state index contributed by atoms with van der Waals surface area (Å²) >= 11 is 0. The summed E-state index contributed by atoms with van der Waals surface area (Å²) in [6.45, 7) is 0.934. The van der Waals surface area contributed by atoms with Crippen LogP contribution in [-0.4, -0.2) is 37.5 Å². The molecule has 1 fully saturated rings. The zero-order chi connectivity index (χ0) is 20.1. The molecule has 0 radical (unpaired) electrons. The van der Waals surface area contributed by atoms with Crippen LogP contribution in [0.25, 0.3) is 5.69 Å². The molecule has 2 aliphatic rings. The topological polar surface area (TPSA) is 63.6 Å². The summed E-state index contributed by atoms with van der Waals surface area (Å²) in [6.07, 6.45) is 3.50. The number of piperidine rings is 1. The lowest BCUT2D eigenvalue weighted by Gasteiger charge is -2.45. The van der Waals surface area contributed by atoms with Crippen LogP contribution in [-0.2, 0) is 15.6 Å². The molecule has 0 atom stereocenters. The van der Waals surface area contributed by atoms with E-state index in [9.17, 15) is 8.42 Å². The van der Waals surface area contributed by atoms with Gasteiger partial charge in [-0.1, -0.05) is 12.1 Å². The third kappa shape index (κ3) is 2.84. The van der Waals surface area contributed by atoms with E-state index in [2.05, 4.69) is 40.3 Å². The Kier molecular flexibility index (Phi) is 4.18. The highest BCUT2D eigenvalue weighted by Crippen LogP contribution is 2.43. The number of hydrogen-bond donors (Lipinski definition) is 1. The number of ether oxygens (including phenoxy) is 1. The normalized spacial score (nSPS) is 18.0. The molecule has 2 aliphatic heterocycles. The maximum atomic E-state index is 13.1. The van der Waals surface area contributed by atoms with Gasteiger partial charge >= 0.3 is 0 Å². The highest BCUT2D eigenvalue weighted by Gasteiger charge is 2.43. The summed E-state index contributed by atoms with van der Waals surface area (Å²) in [4.78, 5) is 0.305. The molecule has 3 aromatic rings. The number of para-hydroxylation sites is 2. The predicted octanol–water partition coefficient (Wildman–Crippen LogP) is 3.59. The van der Waals surface area contributed by atoms with Crippen molar-refractivity contribution in [2.75, 3.05) is 25.5 Å². The molecule has 29 heavy (non-hydrogen) atoms. The Balaban J connectivity index is 1.42. The van der Waals surface area contributed by atoms with Crippen molar-refractivity contribution < 1.29 is 13.2 Å². The van der Waals surface area contributed by atoms with Crippen LogP contribution in [0.2, 0.25) is 0 Å². The molecule has 7 heteroatoms. The van der Waals surface area contributed by atoms with E-state index in [0.29, 0.717) is 36.6 Å². The van der Waals surface area contributed by atoms with Crippen LogP contribution in [0.1, 0.15) is 18.5 Å². The minimum absolute atomic E-state index is 0.260. The second kappa shape index (κ2) is 6.64. The summed E-state index contributed by atoms with van der Waals surface area (Å²) in [5, 5.41) is 3.72. The van der Waals surface area contributed by atoms with Crippen molar-refractivity contribution >= 4 is 15.7 Å². The molecule has 0 unspecified atom stereocenters. The highest BCUT2D eigenvalue weighted by molar-refractivity contribution is 7.89. The molecule has 150 valence electrons. The standard InChI is InChI=1S/C22H23N3O3S/c1-28-17-8-10-18(11-9-17)29(26,27)24-15-12-22(13-16-24)21-7-4-14-25(21)20-6-3-2-5-19(20)23-22/h2-11,14,23H,12-13,15-16H2,1H3. The lowest BCUT2D eigenvalue weighted by atomic mass is 9.83. The fourth-order valence-corrected chi connectivity index (χ4v) is 5.92. The van der Waals surface area contributed by atoms with Crippen molar-refractivity contribution in [1.29, 1.82) is 0 Å². The first-order valence-electron chi connectivity index (χ1n) is 9.73. The molecule has 1 spiro atoms. The number of nitrogens with zero attached hydrogens (tertiary/aromatic N) is 2. The second-order valence-electron chi connectivity index (χ2n) is 7.57. The first-order chi connectivity index (χ1) is 14.0. The van der Waals surface area contributed by atoms with E-state index in [1.807, 2.05) is 12.1 Å². The van der Waals surface area contributed by atoms with Crippen LogP contribution in [0.5, 0.6) is 5.75 Å². The number of sulfonamides is 1. The van der Waals surface area contributed by atoms with Gasteiger partial charge in [0.25, 0.3) is 0 Å². The van der Waals surface area contributed by atoms with E-state index in [-0.39, 0.29) is 5.54 Å². The van der Waals surface area contributed by atoms with Gasteiger partial charge in [0, 0.05) is 25.0 Å². The van der Waals surface area contributed by atoms with Crippen molar-refractivity contribution in [2.45, 2.75) is 23.3 Å². The van der Waals surface area contributed by atoms with Gasteiger partial charge in [-0.25, -0.2) is 8.42 Å². The van der Waals surface area contributed by atoms with Gasteiger partial charge in [0.1, 0.15) is 5.75 Å². The van der Waals surface area contributed by atoms with Gasteiger partial charge in [0.05, 0.1) is 28.9 Å². The summed E-state index contributed by atoms with van der Waals surface area (Å²) in [7, 11) is -1.96. The number of aromatic nitrogens is 1. The maximum absolute atomic E-state index is 13.1. The molecule has 0 saturated carbocycles. The molecule has 1 aromatic heterocycles. The van der Waals surface area contributed by atoms with E-state index >= 15 is 0 Å². The predicted molar refractivity (Wildman–Crippen MR) is 112 cm³/mol. The maximum Gasteiger partial charge on any atom is 0.243 e. The van der Waals surface area contributed by atoms with E-state index in [4.69, 9.17) is 4.74 Å². The van der Waals surface area contributed by atoms with Crippen LogP contribution in [0.4, 0.5) is 5.69 Å². The van der Waals surface area contributed by atoms with Gasteiger partial charge in [0.2, 0.25) is 10.0 Å². The molecule has 0 amide bonds. The van der Waals surface area contributed by atoms with Crippen LogP contribution in [0.3, 0.4) is 0 Å². The van der Waals surface area contributed by atoms with Crippen molar-refractivity contribution in [3.63, 3.8) is 0 Å². The molecule has 2 aromatic carbocycles. The molecule has 1 saturated heterocycles. The molecule has 5 rings (SSSR count). The highest BCUT2D eigenvalue weighted by atomic mass is 32.2. The van der Waals surface area contributed by atoms with E-state index in [1.54, 1.807) is 35.7 Å². The first-order valence-corrected chi connectivity index (χ1v) is 11.2. The Morgan fingerprint density at radius 3 is 2.41 bits per heavy atom. The minimum atomic E-state index is -3.52. The van der Waals surface area contributed by atoms with E-state index < -0.39 is 10.0 Å². The van der Waals surface area contributed by atoms with Crippen LogP contribution < -0.4 is 10.1 Å². The van der Waals surface area contributed by atoms with Gasteiger partial charge < -0.3 is 14.6 Å². The number of methoxy groups -OCH3 is 1. The van der Waals surface area contributed by atoms with E-state index in [0.717, 1.165) is 11.4 Å². The molecule has 3 heterocycles. The lowest BCUT2D eigenvalue weighted by molar-refractivity contribution is 0.247. The summed E-state index contributed by atoms with van der Waals surface area (Å²) in [6, 6.07) is 19.0. The van der Waals surface area contributed by atoms with Gasteiger partial charge in [-0.15, -0.1) is 0 Å². The molecular formula is C22H23N3O3S. The summed E-state index contributed by atoms with van der Waals surface area (Å²) in [5.41, 5.74) is 3.15. The molecular weight excluding hydrogens is 386 g/mol. The van der Waals surface area contributed by atoms with Gasteiger partial charge in [-0.3, -0.25) is 0 Å². The molecule has 6 nitrogen and oxygen atoms in total. The molecule has 0 bridgehead atoms. The zero-order valence-corrected chi connectivity index (χ0v) is 17.0. The van der Waals surface area contributed by atoms with Crippen LogP contribution in [0.15, 0.2) is 71.8 Å². The Morgan fingerprint density at radius 2 is 1.69 bits per heavy atom. The fraction of sp³-hybridized carbons (Fsp3) is 0.273. The second-order valence-corrected chi connectivity index (χ2v) is 9.51. The number of rotatable bonds is 3. The summed E-state index contributed by atoms with van der Waals surface area (Å²) < 4.78 is 35.2. The third-order valence-electron chi connectivity index (χ3n) is 6.05.